The van der Waals surface area contributed by atoms with E-state index in [2.05, 4.69) is 51.3 Å². The van der Waals surface area contributed by atoms with Crippen molar-refractivity contribution < 1.29 is 9.53 Å². The van der Waals surface area contributed by atoms with Gasteiger partial charge in [0.2, 0.25) is 5.91 Å². The number of carbonyl (C=O) groups excluding carboxylic acids is 1. The maximum absolute atomic E-state index is 12.5. The third-order valence-corrected chi connectivity index (χ3v) is 6.13. The van der Waals surface area contributed by atoms with Crippen molar-refractivity contribution in [2.24, 2.45) is 0 Å². The molecule has 0 radical (unpaired) electrons. The topological polar surface area (TPSA) is 57.7 Å². The Bertz CT molecular complexity index is 978. The van der Waals surface area contributed by atoms with Crippen LogP contribution in [0.3, 0.4) is 0 Å². The minimum absolute atomic E-state index is 0.0111. The summed E-state index contributed by atoms with van der Waals surface area (Å²) in [6, 6.07) is 14.4. The quantitative estimate of drug-likeness (QED) is 0.675. The van der Waals surface area contributed by atoms with Crippen LogP contribution >= 0.6 is 11.3 Å². The lowest BCUT2D eigenvalue weighted by molar-refractivity contribution is -0.117. The molecule has 0 unspecified atom stereocenters. The molecule has 2 heterocycles. The summed E-state index contributed by atoms with van der Waals surface area (Å²) >= 11 is 1.47. The number of anilines is 1. The normalized spacial score (nSPS) is 15.5. The maximum Gasteiger partial charge on any atom is 0.240 e. The number of hydrogen-bond donors (Lipinski definition) is 1. The molecule has 1 N–H and O–H groups in total. The van der Waals surface area contributed by atoms with Gasteiger partial charge in [-0.2, -0.15) is 0 Å². The van der Waals surface area contributed by atoms with E-state index in [4.69, 9.17) is 4.74 Å². The highest BCUT2D eigenvalue weighted by atomic mass is 32.1. The van der Waals surface area contributed by atoms with Crippen LogP contribution in [0.1, 0.15) is 11.1 Å². The van der Waals surface area contributed by atoms with Crippen LogP contribution < -0.4 is 10.1 Å². The third-order valence-electron chi connectivity index (χ3n) is 5.20. The van der Waals surface area contributed by atoms with Gasteiger partial charge in [0.1, 0.15) is 5.75 Å². The van der Waals surface area contributed by atoms with E-state index in [0.717, 1.165) is 48.7 Å². The summed E-state index contributed by atoms with van der Waals surface area (Å²) < 4.78 is 6.25. The molecule has 2 aromatic carbocycles. The zero-order valence-electron chi connectivity index (χ0n) is 16.9. The van der Waals surface area contributed by atoms with E-state index in [-0.39, 0.29) is 5.91 Å². The predicted octanol–water partition coefficient (Wildman–Crippen LogP) is 3.37. The van der Waals surface area contributed by atoms with Crippen LogP contribution in [0.15, 0.2) is 42.5 Å². The number of aromatic nitrogens is 1. The second kappa shape index (κ2) is 8.90. The van der Waals surface area contributed by atoms with Crippen molar-refractivity contribution >= 4 is 32.6 Å². The van der Waals surface area contributed by atoms with Gasteiger partial charge in [-0.05, 0) is 30.7 Å². The summed E-state index contributed by atoms with van der Waals surface area (Å²) in [5.74, 6) is 0.783. The summed E-state index contributed by atoms with van der Waals surface area (Å²) in [7, 11) is 1.64. The molecule has 1 fully saturated rings. The van der Waals surface area contributed by atoms with Gasteiger partial charge in [-0.3, -0.25) is 14.6 Å². The van der Waals surface area contributed by atoms with Gasteiger partial charge in [-0.1, -0.05) is 41.2 Å². The van der Waals surface area contributed by atoms with Gasteiger partial charge in [-0.25, -0.2) is 4.98 Å². The van der Waals surface area contributed by atoms with E-state index >= 15 is 0 Å². The van der Waals surface area contributed by atoms with E-state index in [1.54, 1.807) is 7.11 Å². The van der Waals surface area contributed by atoms with Crippen LogP contribution in [0, 0.1) is 6.92 Å². The number of aryl methyl sites for hydroxylation is 1. The maximum atomic E-state index is 12.5. The summed E-state index contributed by atoms with van der Waals surface area (Å²) in [5, 5.41) is 3.58. The number of ether oxygens (including phenoxy) is 1. The van der Waals surface area contributed by atoms with Gasteiger partial charge in [0.25, 0.3) is 0 Å². The van der Waals surface area contributed by atoms with Gasteiger partial charge >= 0.3 is 0 Å². The van der Waals surface area contributed by atoms with E-state index in [0.29, 0.717) is 11.7 Å². The van der Waals surface area contributed by atoms with Crippen LogP contribution in [-0.2, 0) is 11.3 Å². The molecule has 6 nitrogen and oxygen atoms in total. The van der Waals surface area contributed by atoms with E-state index in [9.17, 15) is 4.79 Å². The van der Waals surface area contributed by atoms with Gasteiger partial charge in [0.15, 0.2) is 5.13 Å². The Labute approximate surface area is 175 Å². The third kappa shape index (κ3) is 5.12. The van der Waals surface area contributed by atoms with E-state index in [1.165, 1.54) is 22.5 Å². The van der Waals surface area contributed by atoms with Crippen molar-refractivity contribution in [3.63, 3.8) is 0 Å². The number of piperazine rings is 1. The van der Waals surface area contributed by atoms with Crippen LogP contribution in [-0.4, -0.2) is 60.5 Å². The Balaban J connectivity index is 1.26. The molecule has 1 amide bonds. The van der Waals surface area contributed by atoms with Crippen molar-refractivity contribution in [2.75, 3.05) is 45.2 Å². The van der Waals surface area contributed by atoms with Crippen LogP contribution in [0.5, 0.6) is 5.75 Å². The van der Waals surface area contributed by atoms with Gasteiger partial charge in [-0.15, -0.1) is 0 Å². The van der Waals surface area contributed by atoms with Gasteiger partial charge in [0, 0.05) is 32.7 Å². The molecule has 3 aromatic rings. The highest BCUT2D eigenvalue weighted by molar-refractivity contribution is 7.22. The lowest BCUT2D eigenvalue weighted by Crippen LogP contribution is -2.48. The van der Waals surface area contributed by atoms with Crippen LogP contribution in [0.4, 0.5) is 5.13 Å². The Morgan fingerprint density at radius 3 is 2.55 bits per heavy atom. The van der Waals surface area contributed by atoms with Gasteiger partial charge in [0.05, 0.1) is 23.9 Å². The zero-order valence-corrected chi connectivity index (χ0v) is 17.7. The first-order valence-electron chi connectivity index (χ1n) is 9.84. The molecule has 1 aromatic heterocycles. The fourth-order valence-corrected chi connectivity index (χ4v) is 4.41. The molecule has 1 aliphatic rings. The molecular formula is C22H26N4O2S. The number of carbonyl (C=O) groups is 1. The smallest absolute Gasteiger partial charge is 0.240 e. The molecule has 7 heteroatoms. The Morgan fingerprint density at radius 2 is 1.83 bits per heavy atom. The number of nitrogens with one attached hydrogen (secondary N) is 1. The largest absolute Gasteiger partial charge is 0.497 e. The molecule has 4 rings (SSSR count). The fourth-order valence-electron chi connectivity index (χ4n) is 3.50. The number of nitrogens with zero attached hydrogens (tertiary/aromatic N) is 3. The van der Waals surface area contributed by atoms with Crippen molar-refractivity contribution in [1.82, 2.24) is 14.8 Å². The van der Waals surface area contributed by atoms with Crippen molar-refractivity contribution in [1.29, 1.82) is 0 Å². The minimum atomic E-state index is -0.0111. The monoisotopic (exact) mass is 410 g/mol. The Hall–Kier alpha value is -2.48. The molecule has 0 bridgehead atoms. The average molecular weight is 411 g/mol. The number of amides is 1. The number of thiazole rings is 1. The molecule has 0 spiro atoms. The summed E-state index contributed by atoms with van der Waals surface area (Å²) in [6.45, 7) is 7.22. The molecule has 0 atom stereocenters. The van der Waals surface area contributed by atoms with Crippen molar-refractivity contribution in [3.05, 3.63) is 53.6 Å². The zero-order chi connectivity index (χ0) is 20.2. The fraction of sp³-hybridized carbons (Fsp3) is 0.364. The predicted molar refractivity (Wildman–Crippen MR) is 118 cm³/mol. The standard InChI is InChI=1S/C22H26N4O2S/c1-16-3-5-17(6-4-16)14-25-9-11-26(12-10-25)15-21(27)24-22-23-19-8-7-18(28-2)13-20(19)29-22/h3-8,13H,9-12,14-15H2,1-2H3,(H,23,24,27). The van der Waals surface area contributed by atoms with Gasteiger partial charge < -0.3 is 10.1 Å². The lowest BCUT2D eigenvalue weighted by atomic mass is 10.1. The van der Waals surface area contributed by atoms with Crippen LogP contribution in [0.25, 0.3) is 10.2 Å². The Morgan fingerprint density at radius 1 is 1.10 bits per heavy atom. The SMILES string of the molecule is COc1ccc2nc(NC(=O)CN3CCN(Cc4ccc(C)cc4)CC3)sc2c1. The van der Waals surface area contributed by atoms with Crippen molar-refractivity contribution in [3.8, 4) is 5.75 Å². The summed E-state index contributed by atoms with van der Waals surface area (Å²) in [4.78, 5) is 21.6. The molecule has 0 aliphatic carbocycles. The average Bonchev–Trinajstić information content (AvgIpc) is 3.12. The first-order chi connectivity index (χ1) is 14.1. The number of benzene rings is 2. The number of rotatable bonds is 6. The highest BCUT2D eigenvalue weighted by Gasteiger charge is 2.19. The minimum Gasteiger partial charge on any atom is -0.497 e. The van der Waals surface area contributed by atoms with Crippen molar-refractivity contribution in [2.45, 2.75) is 13.5 Å². The lowest BCUT2D eigenvalue weighted by Gasteiger charge is -2.34. The number of methoxy groups -OCH3 is 1. The summed E-state index contributed by atoms with van der Waals surface area (Å²) in [6.07, 6.45) is 0. The molecule has 0 saturated carbocycles. The highest BCUT2D eigenvalue weighted by Crippen LogP contribution is 2.29. The number of fused-ring (bicyclic) bond motifs is 1. The summed E-state index contributed by atoms with van der Waals surface area (Å²) in [5.41, 5.74) is 3.50. The molecule has 1 aliphatic heterocycles. The molecule has 1 saturated heterocycles. The first kappa shape index (κ1) is 19.8. The first-order valence-corrected chi connectivity index (χ1v) is 10.7. The van der Waals surface area contributed by atoms with E-state index < -0.39 is 0 Å². The molecular weight excluding hydrogens is 384 g/mol. The molecule has 152 valence electrons. The second-order valence-corrected chi connectivity index (χ2v) is 8.47. The van der Waals surface area contributed by atoms with E-state index in [1.807, 2.05) is 18.2 Å². The Kier molecular flexibility index (Phi) is 6.08. The number of hydrogen-bond acceptors (Lipinski definition) is 6. The van der Waals surface area contributed by atoms with Crippen LogP contribution in [0.2, 0.25) is 0 Å². The molecule has 29 heavy (non-hydrogen) atoms. The second-order valence-electron chi connectivity index (χ2n) is 7.44.